The van der Waals surface area contributed by atoms with E-state index in [0.29, 0.717) is 10.9 Å². The number of hydrogen-bond acceptors (Lipinski definition) is 4. The van der Waals surface area contributed by atoms with Crippen LogP contribution in [0.2, 0.25) is 0 Å². The summed E-state index contributed by atoms with van der Waals surface area (Å²) in [5, 5.41) is 0.581. The third-order valence-electron chi connectivity index (χ3n) is 2.21. The average molecular weight is 230 g/mol. The van der Waals surface area contributed by atoms with E-state index in [1.54, 1.807) is 24.3 Å². The summed E-state index contributed by atoms with van der Waals surface area (Å²) in [6.45, 7) is 1.49. The zero-order valence-corrected chi connectivity index (χ0v) is 9.98. The molecule has 0 aromatic heterocycles. The third-order valence-corrected chi connectivity index (χ3v) is 4.38. The minimum atomic E-state index is -3.24. The standard InChI is InChI=1S/C10H15O4P/c1-8(11)9-4-6-10(7-5-9)15(12,13-2)14-3/h4-7,12,15H,1-3H3. The Labute approximate surface area is 89.4 Å². The van der Waals surface area contributed by atoms with Crippen LogP contribution in [0.5, 0.6) is 0 Å². The maximum absolute atomic E-state index is 11.0. The van der Waals surface area contributed by atoms with E-state index in [9.17, 15) is 9.69 Å². The van der Waals surface area contributed by atoms with E-state index in [1.165, 1.54) is 21.1 Å². The van der Waals surface area contributed by atoms with Crippen molar-refractivity contribution in [2.75, 3.05) is 14.2 Å². The fourth-order valence-corrected chi connectivity index (χ4v) is 2.46. The van der Waals surface area contributed by atoms with Crippen LogP contribution >= 0.6 is 7.94 Å². The average Bonchev–Trinajstić information content (AvgIpc) is 2.28. The Morgan fingerprint density at radius 2 is 1.67 bits per heavy atom. The summed E-state index contributed by atoms with van der Waals surface area (Å²) < 4.78 is 9.92. The molecule has 0 spiro atoms. The summed E-state index contributed by atoms with van der Waals surface area (Å²) in [4.78, 5) is 21.0. The van der Waals surface area contributed by atoms with E-state index in [-0.39, 0.29) is 5.78 Å². The number of benzene rings is 1. The van der Waals surface area contributed by atoms with Crippen molar-refractivity contribution >= 4 is 19.0 Å². The summed E-state index contributed by atoms with van der Waals surface area (Å²) >= 11 is 0. The molecule has 84 valence electrons. The van der Waals surface area contributed by atoms with Crippen molar-refractivity contribution in [1.82, 2.24) is 0 Å². The zero-order chi connectivity index (χ0) is 11.5. The van der Waals surface area contributed by atoms with Crippen LogP contribution < -0.4 is 5.30 Å². The van der Waals surface area contributed by atoms with Crippen molar-refractivity contribution in [3.8, 4) is 0 Å². The van der Waals surface area contributed by atoms with Crippen LogP contribution in [0, 0.1) is 0 Å². The molecule has 0 aliphatic rings. The molecule has 1 aromatic carbocycles. The number of carbonyl (C=O) groups is 1. The van der Waals surface area contributed by atoms with Crippen LogP contribution in [0.15, 0.2) is 24.3 Å². The summed E-state index contributed by atoms with van der Waals surface area (Å²) in [7, 11) is -0.448. The van der Waals surface area contributed by atoms with Gasteiger partial charge in [-0.05, 0) is 0 Å². The number of ketones is 1. The van der Waals surface area contributed by atoms with Crippen molar-refractivity contribution in [2.24, 2.45) is 0 Å². The van der Waals surface area contributed by atoms with Gasteiger partial charge in [-0.25, -0.2) is 0 Å². The first kappa shape index (κ1) is 12.3. The van der Waals surface area contributed by atoms with Gasteiger partial charge in [0.25, 0.3) is 0 Å². The molecule has 0 saturated carbocycles. The molecule has 1 N–H and O–H groups in total. The first-order valence-corrected chi connectivity index (χ1v) is 6.24. The SMILES string of the molecule is CO[PH](O)(OC)c1ccc(C(C)=O)cc1. The molecule has 1 rings (SSSR count). The van der Waals surface area contributed by atoms with Gasteiger partial charge in [-0.1, -0.05) is 0 Å². The van der Waals surface area contributed by atoms with Gasteiger partial charge in [-0.15, -0.1) is 0 Å². The Balaban J connectivity index is 3.02. The van der Waals surface area contributed by atoms with Crippen LogP contribution in [0.1, 0.15) is 17.3 Å². The Kier molecular flexibility index (Phi) is 3.94. The van der Waals surface area contributed by atoms with Gasteiger partial charge < -0.3 is 0 Å². The second-order valence-electron chi connectivity index (χ2n) is 3.12. The van der Waals surface area contributed by atoms with Gasteiger partial charge in [0.1, 0.15) is 0 Å². The Morgan fingerprint density at radius 3 is 2.00 bits per heavy atom. The number of Topliss-reactive ketones (excluding diaryl/α,β-unsaturated/α-hetero) is 1. The summed E-state index contributed by atoms with van der Waals surface area (Å²) in [6.07, 6.45) is 0. The van der Waals surface area contributed by atoms with Crippen molar-refractivity contribution in [3.63, 3.8) is 0 Å². The van der Waals surface area contributed by atoms with Crippen LogP contribution in [0.25, 0.3) is 0 Å². The van der Waals surface area contributed by atoms with E-state index in [1.807, 2.05) is 0 Å². The first-order chi connectivity index (χ1) is 7.03. The molecule has 0 heterocycles. The second-order valence-corrected chi connectivity index (χ2v) is 5.68. The van der Waals surface area contributed by atoms with E-state index in [2.05, 4.69) is 0 Å². The topological polar surface area (TPSA) is 55.8 Å². The van der Waals surface area contributed by atoms with E-state index in [0.717, 1.165) is 0 Å². The van der Waals surface area contributed by atoms with E-state index < -0.39 is 7.94 Å². The van der Waals surface area contributed by atoms with Crippen LogP contribution in [-0.2, 0) is 9.05 Å². The summed E-state index contributed by atoms with van der Waals surface area (Å²) in [5.41, 5.74) is 0.599. The zero-order valence-electron chi connectivity index (χ0n) is 8.98. The van der Waals surface area contributed by atoms with Crippen LogP contribution in [-0.4, -0.2) is 24.9 Å². The molecule has 0 aliphatic heterocycles. The van der Waals surface area contributed by atoms with Crippen molar-refractivity contribution < 1.29 is 18.7 Å². The molecule has 0 atom stereocenters. The van der Waals surface area contributed by atoms with Gasteiger partial charge in [-0.2, -0.15) is 0 Å². The Hall–Kier alpha value is -0.800. The molecule has 5 heteroatoms. The molecule has 0 fully saturated rings. The fraction of sp³-hybridized carbons (Fsp3) is 0.300. The van der Waals surface area contributed by atoms with Crippen molar-refractivity contribution in [3.05, 3.63) is 29.8 Å². The Morgan fingerprint density at radius 1 is 1.20 bits per heavy atom. The number of rotatable bonds is 4. The van der Waals surface area contributed by atoms with E-state index >= 15 is 0 Å². The Bertz CT molecular complexity index is 343. The number of hydrogen-bond donors (Lipinski definition) is 1. The summed E-state index contributed by atoms with van der Waals surface area (Å²) in [5.74, 6) is -0.0124. The third kappa shape index (κ3) is 2.61. The van der Waals surface area contributed by atoms with Gasteiger partial charge in [0.2, 0.25) is 0 Å². The maximum atomic E-state index is 11.0. The predicted octanol–water partition coefficient (Wildman–Crippen LogP) is 1.29. The normalized spacial score (nSPS) is 12.5. The molecular weight excluding hydrogens is 215 g/mol. The van der Waals surface area contributed by atoms with Gasteiger partial charge in [0.15, 0.2) is 0 Å². The molecule has 0 aliphatic carbocycles. The summed E-state index contributed by atoms with van der Waals surface area (Å²) in [6, 6.07) is 6.59. The van der Waals surface area contributed by atoms with Crippen molar-refractivity contribution in [1.29, 1.82) is 0 Å². The molecule has 15 heavy (non-hydrogen) atoms. The second kappa shape index (κ2) is 4.81. The van der Waals surface area contributed by atoms with E-state index in [4.69, 9.17) is 9.05 Å². The number of carbonyl (C=O) groups excluding carboxylic acids is 1. The minimum absolute atomic E-state index is 0.0124. The first-order valence-electron chi connectivity index (χ1n) is 4.47. The fourth-order valence-electron chi connectivity index (χ4n) is 1.23. The predicted molar refractivity (Wildman–Crippen MR) is 60.6 cm³/mol. The van der Waals surface area contributed by atoms with Crippen LogP contribution in [0.4, 0.5) is 0 Å². The van der Waals surface area contributed by atoms with Gasteiger partial charge in [0.05, 0.1) is 0 Å². The molecule has 0 saturated heterocycles. The monoisotopic (exact) mass is 230 g/mol. The van der Waals surface area contributed by atoms with Crippen LogP contribution in [0.3, 0.4) is 0 Å². The van der Waals surface area contributed by atoms with Gasteiger partial charge in [-0.3, -0.25) is 0 Å². The molecular formula is C10H15O4P. The van der Waals surface area contributed by atoms with Crippen molar-refractivity contribution in [2.45, 2.75) is 6.92 Å². The molecule has 0 radical (unpaired) electrons. The molecule has 0 bridgehead atoms. The van der Waals surface area contributed by atoms with Gasteiger partial charge >= 0.3 is 88.7 Å². The van der Waals surface area contributed by atoms with Gasteiger partial charge in [0, 0.05) is 0 Å². The molecule has 4 nitrogen and oxygen atoms in total. The molecule has 0 amide bonds. The molecule has 1 aromatic rings. The quantitative estimate of drug-likeness (QED) is 0.625. The molecule has 0 unspecified atom stereocenters.